The fourth-order valence-electron chi connectivity index (χ4n) is 2.13. The molecule has 110 valence electrons. The Morgan fingerprint density at radius 1 is 1.24 bits per heavy atom. The first-order valence-electron chi connectivity index (χ1n) is 6.94. The maximum absolute atomic E-state index is 11.8. The molecule has 0 aliphatic rings. The number of carbonyl (C=O) groups excluding carboxylic acids is 1. The predicted octanol–water partition coefficient (Wildman–Crippen LogP) is 4.16. The summed E-state index contributed by atoms with van der Waals surface area (Å²) < 4.78 is 0. The third-order valence-electron chi connectivity index (χ3n) is 3.17. The fraction of sp³-hybridized carbons (Fsp3) is 0.235. The highest BCUT2D eigenvalue weighted by atomic mass is 35.5. The lowest BCUT2D eigenvalue weighted by molar-refractivity contribution is -0.116. The van der Waals surface area contributed by atoms with Gasteiger partial charge in [0.2, 0.25) is 5.91 Å². The lowest BCUT2D eigenvalue weighted by Gasteiger charge is -2.17. The van der Waals surface area contributed by atoms with Gasteiger partial charge in [-0.3, -0.25) is 4.79 Å². The molecule has 2 N–H and O–H groups in total. The summed E-state index contributed by atoms with van der Waals surface area (Å²) in [6.07, 6.45) is 0.390. The Labute approximate surface area is 129 Å². The van der Waals surface area contributed by atoms with E-state index in [1.807, 2.05) is 37.3 Å². The van der Waals surface area contributed by atoms with Crippen molar-refractivity contribution in [1.82, 2.24) is 0 Å². The van der Waals surface area contributed by atoms with Crippen molar-refractivity contribution in [3.05, 3.63) is 64.7 Å². The Kier molecular flexibility index (Phi) is 5.37. The Bertz CT molecular complexity index is 613. The number of nitrogens with one attached hydrogen (secondary N) is 1. The van der Waals surface area contributed by atoms with Crippen molar-refractivity contribution in [2.45, 2.75) is 25.9 Å². The summed E-state index contributed by atoms with van der Waals surface area (Å²) in [4.78, 5) is 11.8. The van der Waals surface area contributed by atoms with Crippen LogP contribution in [0.5, 0.6) is 0 Å². The number of amides is 1. The van der Waals surface area contributed by atoms with Crippen LogP contribution >= 0.6 is 11.6 Å². The van der Waals surface area contributed by atoms with E-state index in [1.54, 1.807) is 18.2 Å². The monoisotopic (exact) mass is 303 g/mol. The van der Waals surface area contributed by atoms with E-state index >= 15 is 0 Å². The smallest absolute Gasteiger partial charge is 0.224 e. The number of hydrogen-bond acceptors (Lipinski definition) is 2. The van der Waals surface area contributed by atoms with Crippen molar-refractivity contribution in [1.29, 1.82) is 0 Å². The molecular formula is C17H18ClNO2. The molecule has 4 heteroatoms. The van der Waals surface area contributed by atoms with Gasteiger partial charge in [0.1, 0.15) is 6.10 Å². The van der Waals surface area contributed by atoms with E-state index in [9.17, 15) is 9.90 Å². The second-order valence-corrected chi connectivity index (χ2v) is 5.28. The zero-order chi connectivity index (χ0) is 15.2. The third-order valence-corrected chi connectivity index (χ3v) is 3.41. The second kappa shape index (κ2) is 7.25. The number of anilines is 1. The minimum atomic E-state index is -0.832. The van der Waals surface area contributed by atoms with Gasteiger partial charge in [-0.15, -0.1) is 0 Å². The fourth-order valence-corrected chi connectivity index (χ4v) is 2.31. The van der Waals surface area contributed by atoms with Crippen molar-refractivity contribution in [2.75, 3.05) is 5.32 Å². The van der Waals surface area contributed by atoms with Crippen LogP contribution in [0.3, 0.4) is 0 Å². The SMILES string of the molecule is CCCC(=O)Nc1ccc(Cl)cc1[C@H](O)c1ccccc1. The molecule has 0 radical (unpaired) electrons. The summed E-state index contributed by atoms with van der Waals surface area (Å²) >= 11 is 6.02. The van der Waals surface area contributed by atoms with Gasteiger partial charge in [-0.25, -0.2) is 0 Å². The van der Waals surface area contributed by atoms with E-state index in [2.05, 4.69) is 5.32 Å². The molecule has 2 rings (SSSR count). The van der Waals surface area contributed by atoms with Gasteiger partial charge in [0, 0.05) is 22.7 Å². The van der Waals surface area contributed by atoms with E-state index in [4.69, 9.17) is 11.6 Å². The van der Waals surface area contributed by atoms with Crippen LogP contribution < -0.4 is 5.32 Å². The summed E-state index contributed by atoms with van der Waals surface area (Å²) in [5, 5.41) is 13.9. The molecule has 0 aliphatic heterocycles. The number of benzene rings is 2. The summed E-state index contributed by atoms with van der Waals surface area (Å²) in [5.74, 6) is -0.0682. The molecular weight excluding hydrogens is 286 g/mol. The van der Waals surface area contributed by atoms with Crippen LogP contribution in [-0.4, -0.2) is 11.0 Å². The Hall–Kier alpha value is -1.84. The number of aliphatic hydroxyl groups is 1. The molecule has 0 spiro atoms. The lowest BCUT2D eigenvalue weighted by atomic mass is 10.00. The number of aliphatic hydroxyl groups excluding tert-OH is 1. The molecule has 1 atom stereocenters. The van der Waals surface area contributed by atoms with Crippen molar-refractivity contribution >= 4 is 23.2 Å². The van der Waals surface area contributed by atoms with Crippen molar-refractivity contribution < 1.29 is 9.90 Å². The first kappa shape index (κ1) is 15.5. The summed E-state index contributed by atoms with van der Waals surface area (Å²) in [6, 6.07) is 14.4. The first-order valence-corrected chi connectivity index (χ1v) is 7.32. The normalized spacial score (nSPS) is 12.0. The van der Waals surface area contributed by atoms with Gasteiger partial charge in [-0.05, 0) is 30.2 Å². The van der Waals surface area contributed by atoms with Crippen molar-refractivity contribution in [3.8, 4) is 0 Å². The van der Waals surface area contributed by atoms with Gasteiger partial charge in [0.25, 0.3) is 0 Å². The number of rotatable bonds is 5. The molecule has 0 saturated heterocycles. The van der Waals surface area contributed by atoms with Crippen LogP contribution in [-0.2, 0) is 4.79 Å². The Morgan fingerprint density at radius 3 is 2.62 bits per heavy atom. The molecule has 0 heterocycles. The van der Waals surface area contributed by atoms with Crippen LogP contribution in [0.4, 0.5) is 5.69 Å². The van der Waals surface area contributed by atoms with Crippen LogP contribution in [0, 0.1) is 0 Å². The highest BCUT2D eigenvalue weighted by Crippen LogP contribution is 2.30. The highest BCUT2D eigenvalue weighted by Gasteiger charge is 2.16. The molecule has 0 bridgehead atoms. The van der Waals surface area contributed by atoms with Gasteiger partial charge in [-0.1, -0.05) is 48.9 Å². The largest absolute Gasteiger partial charge is 0.384 e. The Balaban J connectivity index is 2.33. The van der Waals surface area contributed by atoms with Crippen molar-refractivity contribution in [2.24, 2.45) is 0 Å². The minimum absolute atomic E-state index is 0.0682. The van der Waals surface area contributed by atoms with Crippen LogP contribution in [0.2, 0.25) is 5.02 Å². The van der Waals surface area contributed by atoms with Crippen LogP contribution in [0.25, 0.3) is 0 Å². The van der Waals surface area contributed by atoms with Gasteiger partial charge in [0.05, 0.1) is 0 Å². The first-order chi connectivity index (χ1) is 10.1. The average Bonchev–Trinajstić information content (AvgIpc) is 2.49. The maximum atomic E-state index is 11.8. The molecule has 0 saturated carbocycles. The van der Waals surface area contributed by atoms with Gasteiger partial charge < -0.3 is 10.4 Å². The third kappa shape index (κ3) is 4.06. The zero-order valence-corrected chi connectivity index (χ0v) is 12.6. The Morgan fingerprint density at radius 2 is 1.95 bits per heavy atom. The van der Waals surface area contributed by atoms with E-state index < -0.39 is 6.10 Å². The molecule has 0 fully saturated rings. The van der Waals surface area contributed by atoms with Crippen LogP contribution in [0.1, 0.15) is 37.0 Å². The predicted molar refractivity (Wildman–Crippen MR) is 85.5 cm³/mol. The number of hydrogen-bond donors (Lipinski definition) is 2. The van der Waals surface area contributed by atoms with Crippen LogP contribution in [0.15, 0.2) is 48.5 Å². The second-order valence-electron chi connectivity index (χ2n) is 4.84. The average molecular weight is 304 g/mol. The lowest BCUT2D eigenvalue weighted by Crippen LogP contribution is -2.14. The molecule has 0 aliphatic carbocycles. The quantitative estimate of drug-likeness (QED) is 0.871. The summed E-state index contributed by atoms with van der Waals surface area (Å²) in [7, 11) is 0. The van der Waals surface area contributed by atoms with E-state index in [0.29, 0.717) is 22.7 Å². The molecule has 1 amide bonds. The molecule has 2 aromatic carbocycles. The maximum Gasteiger partial charge on any atom is 0.224 e. The van der Waals surface area contributed by atoms with Gasteiger partial charge in [-0.2, -0.15) is 0 Å². The summed E-state index contributed by atoms with van der Waals surface area (Å²) in [5.41, 5.74) is 1.94. The molecule has 0 unspecified atom stereocenters. The molecule has 21 heavy (non-hydrogen) atoms. The van der Waals surface area contributed by atoms with Gasteiger partial charge in [0.15, 0.2) is 0 Å². The number of halogens is 1. The standard InChI is InChI=1S/C17H18ClNO2/c1-2-6-16(20)19-15-10-9-13(18)11-14(15)17(21)12-7-4-3-5-8-12/h3-5,7-11,17,21H,2,6H2,1H3,(H,19,20)/t17-/m1/s1. The van der Waals surface area contributed by atoms with Crippen molar-refractivity contribution in [3.63, 3.8) is 0 Å². The van der Waals surface area contributed by atoms with E-state index in [1.165, 1.54) is 0 Å². The van der Waals surface area contributed by atoms with E-state index in [0.717, 1.165) is 12.0 Å². The topological polar surface area (TPSA) is 49.3 Å². The molecule has 3 nitrogen and oxygen atoms in total. The van der Waals surface area contributed by atoms with E-state index in [-0.39, 0.29) is 5.91 Å². The highest BCUT2D eigenvalue weighted by molar-refractivity contribution is 6.30. The molecule has 0 aromatic heterocycles. The minimum Gasteiger partial charge on any atom is -0.384 e. The zero-order valence-electron chi connectivity index (χ0n) is 11.8. The summed E-state index contributed by atoms with van der Waals surface area (Å²) in [6.45, 7) is 1.95. The van der Waals surface area contributed by atoms with Gasteiger partial charge >= 0.3 is 0 Å². The number of carbonyl (C=O) groups is 1. The molecule has 2 aromatic rings.